The lowest BCUT2D eigenvalue weighted by atomic mass is 9.69. The molecule has 298 valence electrons. The Morgan fingerprint density at radius 2 is 1.03 bits per heavy atom. The smallest absolute Gasteiger partial charge is 0.346 e. The average molecular weight is 807 g/mol. The zero-order valence-electron chi connectivity index (χ0n) is 35.1. The van der Waals surface area contributed by atoms with Crippen molar-refractivity contribution < 1.29 is 9.90 Å². The number of anilines is 5. The lowest BCUT2D eigenvalue weighted by molar-refractivity contribution is -0.132. The summed E-state index contributed by atoms with van der Waals surface area (Å²) in [7, 11) is 0. The molecule has 0 saturated carbocycles. The molecule has 3 aromatic carbocycles. The highest BCUT2D eigenvalue weighted by molar-refractivity contribution is 7.24. The maximum atomic E-state index is 11.4. The Hall–Kier alpha value is -4.84. The van der Waals surface area contributed by atoms with Gasteiger partial charge in [0, 0.05) is 74.1 Å². The Labute approximate surface area is 352 Å². The minimum absolute atomic E-state index is 0.0661. The molecule has 2 aromatic heterocycles. The average Bonchev–Trinajstić information content (AvgIpc) is 3.86. The topological polar surface area (TPSA) is 70.8 Å². The zero-order chi connectivity index (χ0) is 40.9. The van der Waals surface area contributed by atoms with Crippen LogP contribution in [-0.4, -0.2) is 37.3 Å². The fraction of sp³-hybridized carbons (Fsp3) is 0.400. The number of carboxylic acid groups (broad SMARTS) is 1. The Balaban J connectivity index is 1.18. The highest BCUT2D eigenvalue weighted by Crippen LogP contribution is 2.55. The van der Waals surface area contributed by atoms with Crippen molar-refractivity contribution in [3.63, 3.8) is 0 Å². The number of nitriles is 1. The molecule has 4 aliphatic rings. The normalized spacial score (nSPS) is 19.5. The van der Waals surface area contributed by atoms with Crippen LogP contribution in [0.4, 0.5) is 28.4 Å². The molecule has 0 amide bonds. The van der Waals surface area contributed by atoms with E-state index in [0.717, 1.165) is 77.7 Å². The highest BCUT2D eigenvalue weighted by Gasteiger charge is 2.43. The number of hydrogen-bond acceptors (Lipinski definition) is 7. The van der Waals surface area contributed by atoms with Crippen LogP contribution in [0.2, 0.25) is 0 Å². The molecule has 4 aliphatic heterocycles. The fourth-order valence-electron chi connectivity index (χ4n) is 9.80. The molecule has 58 heavy (non-hydrogen) atoms. The van der Waals surface area contributed by atoms with Gasteiger partial charge in [0.25, 0.3) is 0 Å². The van der Waals surface area contributed by atoms with Crippen LogP contribution in [0, 0.1) is 11.3 Å². The minimum atomic E-state index is -1.21. The minimum Gasteiger partial charge on any atom is -0.477 e. The first kappa shape index (κ1) is 38.7. The quantitative estimate of drug-likeness (QED) is 0.130. The summed E-state index contributed by atoms with van der Waals surface area (Å²) in [6.07, 6.45) is 6.04. The van der Waals surface area contributed by atoms with Gasteiger partial charge in [-0.25, -0.2) is 4.79 Å². The summed E-state index contributed by atoms with van der Waals surface area (Å²) < 4.78 is 0. The van der Waals surface area contributed by atoms with Gasteiger partial charge in [0.15, 0.2) is 0 Å². The molecule has 0 bridgehead atoms. The van der Waals surface area contributed by atoms with Crippen LogP contribution < -0.4 is 14.7 Å². The number of hydrogen-bond donors (Lipinski definition) is 1. The van der Waals surface area contributed by atoms with E-state index in [1.807, 2.05) is 12.1 Å². The van der Waals surface area contributed by atoms with Gasteiger partial charge >= 0.3 is 5.97 Å². The van der Waals surface area contributed by atoms with Crippen molar-refractivity contribution >= 4 is 63.2 Å². The van der Waals surface area contributed by atoms with Crippen LogP contribution in [-0.2, 0) is 26.5 Å². The van der Waals surface area contributed by atoms with E-state index in [0.29, 0.717) is 0 Å². The van der Waals surface area contributed by atoms with E-state index in [9.17, 15) is 15.2 Å². The molecule has 0 atom stereocenters. The third-order valence-corrected chi connectivity index (χ3v) is 16.2. The van der Waals surface area contributed by atoms with Gasteiger partial charge in [0.05, 0.1) is 0 Å². The summed E-state index contributed by atoms with van der Waals surface area (Å²) in [5, 5.41) is 18.6. The summed E-state index contributed by atoms with van der Waals surface area (Å²) >= 11 is 3.23. The summed E-state index contributed by atoms with van der Waals surface area (Å²) in [6.45, 7) is 24.0. The number of rotatable bonds is 7. The molecule has 0 saturated heterocycles. The molecule has 0 fully saturated rings. The van der Waals surface area contributed by atoms with Crippen molar-refractivity contribution in [2.24, 2.45) is 0 Å². The molecular weight excluding hydrogens is 753 g/mol. The van der Waals surface area contributed by atoms with Gasteiger partial charge in [0.1, 0.15) is 11.6 Å². The number of carboxylic acids is 1. The van der Waals surface area contributed by atoms with E-state index in [2.05, 4.69) is 131 Å². The van der Waals surface area contributed by atoms with Gasteiger partial charge in [-0.15, -0.1) is 22.7 Å². The van der Waals surface area contributed by atoms with Gasteiger partial charge in [-0.1, -0.05) is 67.5 Å². The first-order valence-electron chi connectivity index (χ1n) is 20.8. The van der Waals surface area contributed by atoms with Gasteiger partial charge in [-0.2, -0.15) is 5.26 Å². The second-order valence-corrected chi connectivity index (χ2v) is 21.7. The molecule has 9 rings (SSSR count). The van der Waals surface area contributed by atoms with Crippen molar-refractivity contribution in [2.45, 2.75) is 103 Å². The first-order valence-corrected chi connectivity index (χ1v) is 22.4. The van der Waals surface area contributed by atoms with Crippen molar-refractivity contribution in [3.8, 4) is 26.3 Å². The van der Waals surface area contributed by atoms with Crippen molar-refractivity contribution in [2.75, 3.05) is 40.9 Å². The Bertz CT molecular complexity index is 2370. The van der Waals surface area contributed by atoms with Crippen LogP contribution in [0.3, 0.4) is 0 Å². The van der Waals surface area contributed by atoms with E-state index in [1.165, 1.54) is 67.3 Å². The van der Waals surface area contributed by atoms with Crippen LogP contribution in [0.5, 0.6) is 0 Å². The molecule has 1 N–H and O–H groups in total. The highest BCUT2D eigenvalue weighted by atomic mass is 32.1. The van der Waals surface area contributed by atoms with Gasteiger partial charge in [-0.3, -0.25) is 0 Å². The Morgan fingerprint density at radius 3 is 1.47 bits per heavy atom. The molecule has 0 radical (unpaired) electrons. The van der Waals surface area contributed by atoms with Crippen molar-refractivity contribution in [1.29, 1.82) is 5.26 Å². The standard InChI is InChI=1S/C50H54N4O2S2/c1-47(2)17-21-52-22-18-48(3,4)38-27-34(26-37(47)44(38)52)54(35-28-39-45-40(29-35)50(7,8)20-24-53(45)23-19-49(39,5)6)33-11-9-31(10-12-33)41-15-16-43(58-41)42-14-13-36(57-42)25-32(30-51)46(55)56/h9-16,25-29H,17-24H2,1-8H3,(H,55,56)/b32-25+. The molecule has 5 aromatic rings. The van der Waals surface area contributed by atoms with Crippen LogP contribution in [0.25, 0.3) is 26.3 Å². The summed E-state index contributed by atoms with van der Waals surface area (Å²) in [4.78, 5) is 23.4. The van der Waals surface area contributed by atoms with Gasteiger partial charge < -0.3 is 19.8 Å². The molecule has 8 heteroatoms. The predicted molar refractivity (Wildman–Crippen MR) is 244 cm³/mol. The SMILES string of the molecule is CC1(C)CCN2CCC(C)(C)c3cc(N(c4ccc(-c5ccc(-c6ccc(/C=C(\C#N)C(=O)O)s6)s5)cc4)c4cc5c6c(c4)C(C)(C)CCN6CCC5(C)C)cc1c32. The van der Waals surface area contributed by atoms with Crippen LogP contribution in [0.1, 0.15) is 108 Å². The lowest BCUT2D eigenvalue weighted by Gasteiger charge is -2.49. The third kappa shape index (κ3) is 6.46. The first-order chi connectivity index (χ1) is 27.5. The van der Waals surface area contributed by atoms with Gasteiger partial charge in [-0.05, 0) is 142 Å². The maximum Gasteiger partial charge on any atom is 0.346 e. The van der Waals surface area contributed by atoms with E-state index >= 15 is 0 Å². The van der Waals surface area contributed by atoms with E-state index in [1.54, 1.807) is 17.4 Å². The van der Waals surface area contributed by atoms with Crippen molar-refractivity contribution in [3.05, 3.63) is 106 Å². The lowest BCUT2D eigenvalue weighted by Crippen LogP contribution is -2.45. The van der Waals surface area contributed by atoms with Crippen molar-refractivity contribution in [1.82, 2.24) is 0 Å². The largest absolute Gasteiger partial charge is 0.477 e. The third-order valence-electron chi connectivity index (χ3n) is 13.8. The molecule has 0 unspecified atom stereocenters. The predicted octanol–water partition coefficient (Wildman–Crippen LogP) is 12.9. The molecular formula is C50H54N4O2S2. The monoisotopic (exact) mass is 806 g/mol. The number of benzene rings is 3. The Morgan fingerprint density at radius 1 is 0.621 bits per heavy atom. The number of carbonyl (C=O) groups is 1. The summed E-state index contributed by atoms with van der Waals surface area (Å²) in [6, 6.07) is 29.2. The number of thiophene rings is 2. The second-order valence-electron chi connectivity index (χ2n) is 19.5. The summed E-state index contributed by atoms with van der Waals surface area (Å²) in [5.41, 5.74) is 13.6. The molecule has 6 nitrogen and oxygen atoms in total. The summed E-state index contributed by atoms with van der Waals surface area (Å²) in [5.74, 6) is -1.21. The van der Waals surface area contributed by atoms with E-state index < -0.39 is 5.97 Å². The molecule has 0 aliphatic carbocycles. The van der Waals surface area contributed by atoms with Crippen LogP contribution in [0.15, 0.2) is 78.4 Å². The number of nitrogens with zero attached hydrogens (tertiary/aromatic N) is 4. The maximum absolute atomic E-state index is 11.4. The molecule has 0 spiro atoms. The second kappa shape index (κ2) is 13.6. The van der Waals surface area contributed by atoms with E-state index in [4.69, 9.17) is 0 Å². The molecule has 6 heterocycles. The number of aliphatic carboxylic acids is 1. The fourth-order valence-corrected chi connectivity index (χ4v) is 11.9. The van der Waals surface area contributed by atoms with Crippen LogP contribution >= 0.6 is 22.7 Å². The van der Waals surface area contributed by atoms with E-state index in [-0.39, 0.29) is 27.2 Å². The zero-order valence-corrected chi connectivity index (χ0v) is 36.8. The Kier molecular flexibility index (Phi) is 9.07. The van der Waals surface area contributed by atoms with Gasteiger partial charge in [0.2, 0.25) is 0 Å².